The van der Waals surface area contributed by atoms with Gasteiger partial charge in [0.15, 0.2) is 0 Å². The van der Waals surface area contributed by atoms with Gasteiger partial charge in [0.1, 0.15) is 0 Å². The number of benzene rings is 1. The lowest BCUT2D eigenvalue weighted by molar-refractivity contribution is 1.01. The van der Waals surface area contributed by atoms with E-state index in [-0.39, 0.29) is 0 Å². The summed E-state index contributed by atoms with van der Waals surface area (Å²) in [4.78, 5) is 4.24. The summed E-state index contributed by atoms with van der Waals surface area (Å²) >= 11 is 0. The van der Waals surface area contributed by atoms with Crippen LogP contribution in [0.2, 0.25) is 0 Å². The van der Waals surface area contributed by atoms with Crippen molar-refractivity contribution >= 4 is 5.69 Å². The van der Waals surface area contributed by atoms with Gasteiger partial charge in [-0.2, -0.15) is 0 Å². The van der Waals surface area contributed by atoms with Gasteiger partial charge in [-0.1, -0.05) is 30.3 Å². The highest BCUT2D eigenvalue weighted by molar-refractivity contribution is 5.40. The van der Waals surface area contributed by atoms with Crippen LogP contribution in [0.1, 0.15) is 11.3 Å². The van der Waals surface area contributed by atoms with Crippen molar-refractivity contribution in [3.05, 3.63) is 59.9 Å². The van der Waals surface area contributed by atoms with Gasteiger partial charge in [0.2, 0.25) is 0 Å². The molecule has 1 aromatic carbocycles. The quantitative estimate of drug-likeness (QED) is 0.842. The topological polar surface area (TPSA) is 24.9 Å². The Kier molecular flexibility index (Phi) is 3.54. The van der Waals surface area contributed by atoms with E-state index in [9.17, 15) is 0 Å². The predicted octanol–water partition coefficient (Wildman–Crippen LogP) is 3.04. The fraction of sp³-hybridized carbons (Fsp3) is 0.214. The zero-order valence-electron chi connectivity index (χ0n) is 9.48. The maximum atomic E-state index is 4.24. The first kappa shape index (κ1) is 10.7. The van der Waals surface area contributed by atoms with Crippen LogP contribution in [0.15, 0.2) is 48.7 Å². The third-order valence-corrected chi connectivity index (χ3v) is 2.50. The predicted molar refractivity (Wildman–Crippen MR) is 67.6 cm³/mol. The van der Waals surface area contributed by atoms with E-state index in [1.165, 1.54) is 5.56 Å². The highest BCUT2D eigenvalue weighted by Gasteiger charge is 1.93. The number of anilines is 1. The molecule has 0 fully saturated rings. The Balaban J connectivity index is 1.82. The first-order valence-corrected chi connectivity index (χ1v) is 5.55. The van der Waals surface area contributed by atoms with Crippen LogP contribution >= 0.6 is 0 Å². The van der Waals surface area contributed by atoms with Crippen LogP contribution in [0.5, 0.6) is 0 Å². The molecular formula is C14H16N2. The fourth-order valence-corrected chi connectivity index (χ4v) is 1.57. The molecule has 2 aromatic rings. The third-order valence-electron chi connectivity index (χ3n) is 2.50. The summed E-state index contributed by atoms with van der Waals surface area (Å²) in [6, 6.07) is 14.6. The third kappa shape index (κ3) is 3.09. The molecule has 2 nitrogen and oxygen atoms in total. The van der Waals surface area contributed by atoms with Gasteiger partial charge >= 0.3 is 0 Å². The Bertz CT molecular complexity index is 420. The summed E-state index contributed by atoms with van der Waals surface area (Å²) in [5, 5.41) is 3.36. The number of aryl methyl sites for hydroxylation is 1. The van der Waals surface area contributed by atoms with Gasteiger partial charge in [-0.3, -0.25) is 4.98 Å². The molecule has 82 valence electrons. The number of pyridine rings is 1. The molecule has 0 atom stereocenters. The molecule has 0 amide bonds. The Morgan fingerprint density at radius 3 is 2.56 bits per heavy atom. The average molecular weight is 212 g/mol. The van der Waals surface area contributed by atoms with Crippen LogP contribution in [0, 0.1) is 6.92 Å². The fourth-order valence-electron chi connectivity index (χ4n) is 1.57. The van der Waals surface area contributed by atoms with Crippen molar-refractivity contribution in [1.82, 2.24) is 4.98 Å². The number of hydrogen-bond acceptors (Lipinski definition) is 2. The van der Waals surface area contributed by atoms with Crippen molar-refractivity contribution in [3.8, 4) is 0 Å². The Labute approximate surface area is 96.4 Å². The van der Waals surface area contributed by atoms with E-state index >= 15 is 0 Å². The maximum absolute atomic E-state index is 4.24. The summed E-state index contributed by atoms with van der Waals surface area (Å²) in [5.74, 6) is 0. The number of nitrogens with one attached hydrogen (secondary N) is 1. The first-order valence-electron chi connectivity index (χ1n) is 5.55. The lowest BCUT2D eigenvalue weighted by atomic mass is 10.1. The summed E-state index contributed by atoms with van der Waals surface area (Å²) in [6.07, 6.45) is 2.91. The van der Waals surface area contributed by atoms with Crippen LogP contribution in [-0.4, -0.2) is 11.5 Å². The lowest BCUT2D eigenvalue weighted by Crippen LogP contribution is -2.04. The number of aromatic nitrogens is 1. The van der Waals surface area contributed by atoms with E-state index in [1.807, 2.05) is 25.3 Å². The zero-order valence-corrected chi connectivity index (χ0v) is 9.48. The number of rotatable bonds is 4. The Morgan fingerprint density at radius 1 is 1.06 bits per heavy atom. The largest absolute Gasteiger partial charge is 0.383 e. The summed E-state index contributed by atoms with van der Waals surface area (Å²) in [6.45, 7) is 2.93. The smallest absolute Gasteiger partial charge is 0.0527 e. The van der Waals surface area contributed by atoms with Crippen molar-refractivity contribution in [2.24, 2.45) is 0 Å². The molecule has 0 saturated carbocycles. The highest BCUT2D eigenvalue weighted by atomic mass is 14.9. The van der Waals surface area contributed by atoms with E-state index in [0.29, 0.717) is 0 Å². The first-order chi connectivity index (χ1) is 7.84. The van der Waals surface area contributed by atoms with Crippen molar-refractivity contribution in [2.45, 2.75) is 13.3 Å². The monoisotopic (exact) mass is 212 g/mol. The number of hydrogen-bond donors (Lipinski definition) is 1. The van der Waals surface area contributed by atoms with E-state index in [1.54, 1.807) is 0 Å². The van der Waals surface area contributed by atoms with Crippen molar-refractivity contribution in [1.29, 1.82) is 0 Å². The van der Waals surface area contributed by atoms with Crippen molar-refractivity contribution in [3.63, 3.8) is 0 Å². The van der Waals surface area contributed by atoms with Crippen LogP contribution in [-0.2, 0) is 6.42 Å². The molecular weight excluding hydrogens is 196 g/mol. The Morgan fingerprint density at radius 2 is 1.88 bits per heavy atom. The minimum absolute atomic E-state index is 0.939. The van der Waals surface area contributed by atoms with Gasteiger partial charge in [-0.05, 0) is 31.0 Å². The van der Waals surface area contributed by atoms with Gasteiger partial charge in [0, 0.05) is 12.2 Å². The van der Waals surface area contributed by atoms with Crippen LogP contribution < -0.4 is 5.32 Å². The van der Waals surface area contributed by atoms with Gasteiger partial charge < -0.3 is 5.32 Å². The molecule has 0 unspecified atom stereocenters. The van der Waals surface area contributed by atoms with E-state index in [0.717, 1.165) is 24.3 Å². The second kappa shape index (κ2) is 5.31. The van der Waals surface area contributed by atoms with Gasteiger partial charge in [0.25, 0.3) is 0 Å². The zero-order chi connectivity index (χ0) is 11.2. The average Bonchev–Trinajstić information content (AvgIpc) is 2.33. The van der Waals surface area contributed by atoms with Gasteiger partial charge in [-0.25, -0.2) is 0 Å². The van der Waals surface area contributed by atoms with Crippen LogP contribution in [0.4, 0.5) is 5.69 Å². The molecule has 0 spiro atoms. The second-order valence-electron chi connectivity index (χ2n) is 3.85. The summed E-state index contributed by atoms with van der Waals surface area (Å²) in [7, 11) is 0. The molecule has 0 aliphatic carbocycles. The maximum Gasteiger partial charge on any atom is 0.0527 e. The normalized spacial score (nSPS) is 10.1. The molecule has 0 bridgehead atoms. The van der Waals surface area contributed by atoms with E-state index in [4.69, 9.17) is 0 Å². The van der Waals surface area contributed by atoms with Gasteiger partial charge in [-0.15, -0.1) is 0 Å². The molecule has 0 aliphatic rings. The highest BCUT2D eigenvalue weighted by Crippen LogP contribution is 2.06. The summed E-state index contributed by atoms with van der Waals surface area (Å²) < 4.78 is 0. The molecule has 2 rings (SSSR count). The molecule has 0 aliphatic heterocycles. The molecule has 2 heteroatoms. The SMILES string of the molecule is Cc1ccc(NCCc2ccccc2)cn1. The van der Waals surface area contributed by atoms with E-state index in [2.05, 4.69) is 40.6 Å². The minimum atomic E-state index is 0.939. The Hall–Kier alpha value is -1.83. The molecule has 0 saturated heterocycles. The molecule has 0 radical (unpaired) electrons. The standard InChI is InChI=1S/C14H16N2/c1-12-7-8-14(11-16-12)15-10-9-13-5-3-2-4-6-13/h2-8,11,15H,9-10H2,1H3. The number of nitrogens with zero attached hydrogens (tertiary/aromatic N) is 1. The molecule has 1 heterocycles. The lowest BCUT2D eigenvalue weighted by Gasteiger charge is -2.06. The second-order valence-corrected chi connectivity index (χ2v) is 3.85. The minimum Gasteiger partial charge on any atom is -0.383 e. The molecule has 1 aromatic heterocycles. The molecule has 16 heavy (non-hydrogen) atoms. The van der Waals surface area contributed by atoms with Crippen LogP contribution in [0.25, 0.3) is 0 Å². The van der Waals surface area contributed by atoms with Gasteiger partial charge in [0.05, 0.1) is 11.9 Å². The molecule has 1 N–H and O–H groups in total. The van der Waals surface area contributed by atoms with E-state index < -0.39 is 0 Å². The van der Waals surface area contributed by atoms with Crippen LogP contribution in [0.3, 0.4) is 0 Å². The van der Waals surface area contributed by atoms with Crippen molar-refractivity contribution in [2.75, 3.05) is 11.9 Å². The van der Waals surface area contributed by atoms with Crippen molar-refractivity contribution < 1.29 is 0 Å². The summed E-state index contributed by atoms with van der Waals surface area (Å²) in [5.41, 5.74) is 3.49.